The molecule has 1 aliphatic rings. The van der Waals surface area contributed by atoms with Gasteiger partial charge in [0.1, 0.15) is 5.69 Å². The van der Waals surface area contributed by atoms with E-state index in [9.17, 15) is 13.2 Å². The molecule has 172 valence electrons. The summed E-state index contributed by atoms with van der Waals surface area (Å²) in [5, 5.41) is 10.3. The van der Waals surface area contributed by atoms with E-state index in [2.05, 4.69) is 25.5 Å². The van der Waals surface area contributed by atoms with Crippen molar-refractivity contribution in [3.05, 3.63) is 42.0 Å². The first-order valence-corrected chi connectivity index (χ1v) is 12.1. The molecule has 1 fully saturated rings. The molecule has 4 rings (SSSR count). The van der Waals surface area contributed by atoms with Gasteiger partial charge in [0.05, 0.1) is 27.7 Å². The molecule has 10 heteroatoms. The smallest absolute Gasteiger partial charge is 0.309 e. The first-order valence-electron chi connectivity index (χ1n) is 10.6. The van der Waals surface area contributed by atoms with Gasteiger partial charge in [0, 0.05) is 14.5 Å². The van der Waals surface area contributed by atoms with Crippen molar-refractivity contribution in [2.45, 2.75) is 62.6 Å². The average Bonchev–Trinajstić information content (AvgIpc) is 3.46. The topological polar surface area (TPSA) is 128 Å². The Balaban J connectivity index is 0.00000204. The predicted octanol–water partition coefficient (Wildman–Crippen LogP) is 3.85. The van der Waals surface area contributed by atoms with Gasteiger partial charge in [0.2, 0.25) is 0 Å². The molecule has 3 aromatic rings. The van der Waals surface area contributed by atoms with Crippen molar-refractivity contribution in [3.8, 4) is 22.8 Å². The minimum Gasteiger partial charge on any atom is -0.411 e. The summed E-state index contributed by atoms with van der Waals surface area (Å²) in [5.41, 5.74) is 2.15. The maximum absolute atomic E-state index is 12.4. The van der Waals surface area contributed by atoms with E-state index < -0.39 is 15.1 Å². The summed E-state index contributed by atoms with van der Waals surface area (Å²) in [5.74, 6) is -0.395. The summed E-state index contributed by atoms with van der Waals surface area (Å²) >= 11 is 0. The fourth-order valence-electron chi connectivity index (χ4n) is 3.61. The Hall–Kier alpha value is -3.14. The molecular weight excluding hydrogens is 430 g/mol. The lowest BCUT2D eigenvalue weighted by Gasteiger charge is -2.09. The highest BCUT2D eigenvalue weighted by Crippen LogP contribution is 2.26. The summed E-state index contributed by atoms with van der Waals surface area (Å²) in [6.45, 7) is 5.05. The first-order chi connectivity index (χ1) is 15.3. The molecule has 0 saturated heterocycles. The van der Waals surface area contributed by atoms with Crippen molar-refractivity contribution in [2.24, 2.45) is 0 Å². The van der Waals surface area contributed by atoms with E-state index in [-0.39, 0.29) is 31.5 Å². The highest BCUT2D eigenvalue weighted by molar-refractivity contribution is 7.92. The van der Waals surface area contributed by atoms with Crippen molar-refractivity contribution < 1.29 is 20.5 Å². The number of aryl methyl sites for hydroxylation is 1. The van der Waals surface area contributed by atoms with Crippen LogP contribution in [0.2, 0.25) is 0 Å². The van der Waals surface area contributed by atoms with E-state index in [1.54, 1.807) is 51.2 Å². The summed E-state index contributed by atoms with van der Waals surface area (Å²) in [6.07, 6.45) is 5.71. The average molecular weight is 460 g/mol. The lowest BCUT2D eigenvalue weighted by molar-refractivity contribution is 0.0903. The first kappa shape index (κ1) is 22.1. The van der Waals surface area contributed by atoms with Gasteiger partial charge in [-0.2, -0.15) is 0 Å². The van der Waals surface area contributed by atoms with Crippen molar-refractivity contribution in [1.29, 1.82) is 0 Å². The van der Waals surface area contributed by atoms with Gasteiger partial charge in [0.25, 0.3) is 5.89 Å². The molecule has 0 aliphatic heterocycles. The van der Waals surface area contributed by atoms with Crippen LogP contribution in [0, 0.1) is 6.92 Å². The lowest BCUT2D eigenvalue weighted by Crippen LogP contribution is -2.32. The largest absolute Gasteiger partial charge is 0.411 e. The standard InChI is InChI=1S/C22H25N5O4S.2H2/c1-13(2)32(29,30)17-10-8-15(9-11-17)18-12-23-14(3)19(25-18)21-26-27-22(31-21)20(28)24-16-6-4-5-7-16;;/h8-13,16H,4-7H2,1-3H3,(H,24,28);2*1H. The molecule has 0 spiro atoms. The third-order valence-electron chi connectivity index (χ3n) is 5.57. The molecule has 1 saturated carbocycles. The van der Waals surface area contributed by atoms with Gasteiger partial charge in [-0.25, -0.2) is 13.4 Å². The van der Waals surface area contributed by atoms with E-state index in [0.717, 1.165) is 25.7 Å². The molecule has 2 aromatic heterocycles. The fourth-order valence-corrected chi connectivity index (χ4v) is 4.67. The Bertz CT molecular complexity index is 1240. The maximum Gasteiger partial charge on any atom is 0.309 e. The summed E-state index contributed by atoms with van der Waals surface area (Å²) in [4.78, 5) is 21.6. The predicted molar refractivity (Wildman–Crippen MR) is 122 cm³/mol. The van der Waals surface area contributed by atoms with Crippen LogP contribution in [-0.4, -0.2) is 45.8 Å². The number of hydrogen-bond donors (Lipinski definition) is 1. The Morgan fingerprint density at radius 2 is 1.84 bits per heavy atom. The molecule has 9 nitrogen and oxygen atoms in total. The Kier molecular flexibility index (Phi) is 6.05. The maximum atomic E-state index is 12.4. The van der Waals surface area contributed by atoms with Crippen LogP contribution >= 0.6 is 0 Å². The Morgan fingerprint density at radius 3 is 2.50 bits per heavy atom. The Labute approximate surface area is 189 Å². The number of carbonyl (C=O) groups is 1. The third-order valence-corrected chi connectivity index (χ3v) is 7.74. The van der Waals surface area contributed by atoms with Crippen molar-refractivity contribution in [1.82, 2.24) is 25.5 Å². The minimum absolute atomic E-state index is 0. The number of nitrogens with zero attached hydrogens (tertiary/aromatic N) is 4. The third kappa shape index (κ3) is 4.40. The molecule has 1 aliphatic carbocycles. The van der Waals surface area contributed by atoms with Crippen molar-refractivity contribution >= 4 is 15.7 Å². The Morgan fingerprint density at radius 1 is 1.16 bits per heavy atom. The van der Waals surface area contributed by atoms with E-state index >= 15 is 0 Å². The van der Waals surface area contributed by atoms with Crippen LogP contribution < -0.4 is 5.32 Å². The molecule has 32 heavy (non-hydrogen) atoms. The number of nitrogens with one attached hydrogen (secondary N) is 1. The monoisotopic (exact) mass is 459 g/mol. The van der Waals surface area contributed by atoms with Crippen LogP contribution in [0.3, 0.4) is 0 Å². The van der Waals surface area contributed by atoms with Gasteiger partial charge in [-0.15, -0.1) is 10.2 Å². The number of carbonyl (C=O) groups excluding carboxylic acids is 1. The number of amides is 1. The minimum atomic E-state index is -3.36. The van der Waals surface area contributed by atoms with E-state index in [0.29, 0.717) is 22.6 Å². The normalized spacial score (nSPS) is 14.8. The SMILES string of the molecule is Cc1ncc(-c2ccc(S(=O)(=O)C(C)C)cc2)nc1-c1nnc(C(=O)NC2CCCC2)o1.[HH].[HH]. The van der Waals surface area contributed by atoms with Gasteiger partial charge in [-0.1, -0.05) is 25.0 Å². The summed E-state index contributed by atoms with van der Waals surface area (Å²) in [7, 11) is -3.36. The second-order valence-electron chi connectivity index (χ2n) is 8.17. The molecule has 2 heterocycles. The van der Waals surface area contributed by atoms with E-state index in [4.69, 9.17) is 4.42 Å². The molecule has 0 atom stereocenters. The van der Waals surface area contributed by atoms with E-state index in [1.165, 1.54) is 0 Å². The number of aromatic nitrogens is 4. The molecule has 1 aromatic carbocycles. The highest BCUT2D eigenvalue weighted by Gasteiger charge is 2.23. The van der Waals surface area contributed by atoms with Gasteiger partial charge in [-0.05, 0) is 45.7 Å². The number of benzene rings is 1. The second kappa shape index (κ2) is 8.78. The quantitative estimate of drug-likeness (QED) is 0.589. The van der Waals surface area contributed by atoms with Crippen LogP contribution in [0.4, 0.5) is 0 Å². The fraction of sp³-hybridized carbons (Fsp3) is 0.409. The van der Waals surface area contributed by atoms with Crippen molar-refractivity contribution in [3.63, 3.8) is 0 Å². The summed E-state index contributed by atoms with van der Waals surface area (Å²) < 4.78 is 30.3. The zero-order chi connectivity index (χ0) is 22.9. The number of sulfone groups is 1. The molecule has 1 N–H and O–H groups in total. The van der Waals surface area contributed by atoms with Gasteiger partial charge in [0.15, 0.2) is 9.84 Å². The van der Waals surface area contributed by atoms with Crippen molar-refractivity contribution in [2.75, 3.05) is 0 Å². The number of rotatable bonds is 6. The van der Waals surface area contributed by atoms with Gasteiger partial charge >= 0.3 is 11.8 Å². The van der Waals surface area contributed by atoms with Gasteiger partial charge in [-0.3, -0.25) is 9.78 Å². The molecule has 0 bridgehead atoms. The molecular formula is C22H29N5O4S. The highest BCUT2D eigenvalue weighted by atomic mass is 32.2. The van der Waals surface area contributed by atoms with Crippen LogP contribution in [0.15, 0.2) is 39.8 Å². The zero-order valence-electron chi connectivity index (χ0n) is 18.2. The van der Waals surface area contributed by atoms with Crippen LogP contribution in [0.5, 0.6) is 0 Å². The van der Waals surface area contributed by atoms with Crippen LogP contribution in [0.25, 0.3) is 22.8 Å². The zero-order valence-corrected chi connectivity index (χ0v) is 19.0. The van der Waals surface area contributed by atoms with Crippen LogP contribution in [0.1, 0.15) is 58.8 Å². The summed E-state index contributed by atoms with van der Waals surface area (Å²) in [6, 6.07) is 6.64. The van der Waals surface area contributed by atoms with Gasteiger partial charge < -0.3 is 9.73 Å². The lowest BCUT2D eigenvalue weighted by atomic mass is 10.1. The molecule has 0 unspecified atom stereocenters. The second-order valence-corrected chi connectivity index (χ2v) is 10.7. The van der Waals surface area contributed by atoms with Crippen LogP contribution in [-0.2, 0) is 9.84 Å². The molecule has 1 amide bonds. The molecule has 0 radical (unpaired) electrons. The number of hydrogen-bond acceptors (Lipinski definition) is 8. The van der Waals surface area contributed by atoms with E-state index in [1.807, 2.05) is 0 Å².